The van der Waals surface area contributed by atoms with Crippen molar-refractivity contribution in [2.75, 3.05) is 38.1 Å². The Kier molecular flexibility index (Phi) is 12.1. The Hall–Kier alpha value is -6.86. The number of rotatable bonds is 15. The van der Waals surface area contributed by atoms with Gasteiger partial charge in [-0.3, -0.25) is 28.3 Å². The number of methoxy groups -OCH3 is 2. The number of amides is 4. The first-order valence-corrected chi connectivity index (χ1v) is 19.7. The molecule has 0 bridgehead atoms. The van der Waals surface area contributed by atoms with Crippen molar-refractivity contribution in [1.82, 2.24) is 19.8 Å². The van der Waals surface area contributed by atoms with E-state index in [4.69, 9.17) is 21.1 Å². The lowest BCUT2D eigenvalue weighted by atomic mass is 10.0. The number of carbonyl (C=O) groups is 4. The lowest BCUT2D eigenvalue weighted by molar-refractivity contribution is -0.128. The van der Waals surface area contributed by atoms with Crippen LogP contribution in [0.4, 0.5) is 11.4 Å². The van der Waals surface area contributed by atoms with Gasteiger partial charge in [0.1, 0.15) is 36.2 Å². The Morgan fingerprint density at radius 2 is 1.28 bits per heavy atom. The van der Waals surface area contributed by atoms with Crippen LogP contribution < -0.4 is 35.6 Å². The highest BCUT2D eigenvalue weighted by atomic mass is 35.5. The Bertz CT molecular complexity index is 2580. The Labute approximate surface area is 352 Å². The van der Waals surface area contributed by atoms with Crippen LogP contribution in [0.5, 0.6) is 11.5 Å². The maximum absolute atomic E-state index is 14.3. The van der Waals surface area contributed by atoms with E-state index in [9.17, 15) is 24.0 Å². The lowest BCUT2D eigenvalue weighted by Gasteiger charge is -2.26. The molecule has 0 aliphatic heterocycles. The van der Waals surface area contributed by atoms with Gasteiger partial charge in [-0.1, -0.05) is 72.3 Å². The fraction of sp³-hybridized carbons (Fsp3) is 0.239. The summed E-state index contributed by atoms with van der Waals surface area (Å²) < 4.78 is 13.0. The summed E-state index contributed by atoms with van der Waals surface area (Å²) in [5.41, 5.74) is 1.66. The zero-order valence-electron chi connectivity index (χ0n) is 33.6. The minimum Gasteiger partial charge on any atom is -0.497 e. The maximum atomic E-state index is 14.3. The van der Waals surface area contributed by atoms with Crippen LogP contribution in [0.25, 0.3) is 11.0 Å². The van der Waals surface area contributed by atoms with Crippen molar-refractivity contribution in [2.24, 2.45) is 0 Å². The SMILES string of the molecule is COc1ccc(N(C)C(=O)[C@H](Cc2ccccc2)NC(=O)Cn2c(=O)n(CC(=O)N[C@@]3(C(=O)N(C)c4ccc(OC)cc4)CC3c3ccccc3)c3cc(Cl)ccc32)cc1. The van der Waals surface area contributed by atoms with Crippen molar-refractivity contribution in [2.45, 2.75) is 43.4 Å². The topological polar surface area (TPSA) is 144 Å². The predicted octanol–water partition coefficient (Wildman–Crippen LogP) is 5.57. The molecule has 7 rings (SSSR count). The Morgan fingerprint density at radius 1 is 0.733 bits per heavy atom. The second-order valence-electron chi connectivity index (χ2n) is 14.7. The first kappa shape index (κ1) is 41.3. The van der Waals surface area contributed by atoms with Crippen LogP contribution in [0, 0.1) is 0 Å². The number of carbonyl (C=O) groups excluding carboxylic acids is 4. The molecule has 60 heavy (non-hydrogen) atoms. The van der Waals surface area contributed by atoms with Crippen molar-refractivity contribution in [3.05, 3.63) is 154 Å². The average Bonchev–Trinajstić information content (AvgIpc) is 3.95. The molecule has 5 aromatic carbocycles. The molecule has 308 valence electrons. The van der Waals surface area contributed by atoms with Crippen LogP contribution in [0.1, 0.15) is 23.5 Å². The molecule has 0 radical (unpaired) electrons. The van der Waals surface area contributed by atoms with E-state index in [1.807, 2.05) is 60.7 Å². The molecule has 4 amide bonds. The van der Waals surface area contributed by atoms with Gasteiger partial charge < -0.3 is 29.9 Å². The smallest absolute Gasteiger partial charge is 0.330 e. The monoisotopic (exact) mass is 828 g/mol. The van der Waals surface area contributed by atoms with Crippen LogP contribution in [0.2, 0.25) is 5.02 Å². The van der Waals surface area contributed by atoms with Gasteiger partial charge in [-0.25, -0.2) is 4.79 Å². The van der Waals surface area contributed by atoms with Crippen molar-refractivity contribution in [3.63, 3.8) is 0 Å². The molecule has 1 fully saturated rings. The summed E-state index contributed by atoms with van der Waals surface area (Å²) in [5.74, 6) is -0.912. The highest BCUT2D eigenvalue weighted by Gasteiger charge is 2.62. The van der Waals surface area contributed by atoms with E-state index in [0.717, 1.165) is 11.1 Å². The van der Waals surface area contributed by atoms with E-state index >= 15 is 0 Å². The highest BCUT2D eigenvalue weighted by molar-refractivity contribution is 6.31. The van der Waals surface area contributed by atoms with Gasteiger partial charge in [0.2, 0.25) is 17.7 Å². The molecule has 1 aliphatic carbocycles. The molecule has 2 N–H and O–H groups in total. The minimum atomic E-state index is -1.29. The summed E-state index contributed by atoms with van der Waals surface area (Å²) >= 11 is 6.42. The number of nitrogens with zero attached hydrogens (tertiary/aromatic N) is 4. The van der Waals surface area contributed by atoms with Gasteiger partial charge in [-0.05, 0) is 84.3 Å². The maximum Gasteiger partial charge on any atom is 0.330 e. The van der Waals surface area contributed by atoms with Crippen LogP contribution >= 0.6 is 11.6 Å². The van der Waals surface area contributed by atoms with Gasteiger partial charge in [0.05, 0.1) is 25.3 Å². The van der Waals surface area contributed by atoms with E-state index in [2.05, 4.69) is 10.6 Å². The number of likely N-dealkylation sites (N-methyl/N-ethyl adjacent to an activating group) is 2. The van der Waals surface area contributed by atoms with E-state index < -0.39 is 42.2 Å². The van der Waals surface area contributed by atoms with Crippen LogP contribution in [0.3, 0.4) is 0 Å². The van der Waals surface area contributed by atoms with E-state index in [1.54, 1.807) is 95.0 Å². The van der Waals surface area contributed by atoms with Gasteiger partial charge in [-0.2, -0.15) is 0 Å². The molecule has 0 saturated heterocycles. The van der Waals surface area contributed by atoms with Gasteiger partial charge in [0, 0.05) is 42.8 Å². The number of anilines is 2. The van der Waals surface area contributed by atoms with E-state index in [0.29, 0.717) is 45.4 Å². The normalized spacial score (nSPS) is 16.1. The van der Waals surface area contributed by atoms with Crippen LogP contribution in [-0.2, 0) is 38.7 Å². The fourth-order valence-electron chi connectivity index (χ4n) is 7.63. The zero-order chi connectivity index (χ0) is 42.6. The number of benzene rings is 5. The number of imidazole rings is 1. The van der Waals surface area contributed by atoms with Gasteiger partial charge in [0.15, 0.2) is 0 Å². The Balaban J connectivity index is 1.14. The standard InChI is InChI=1S/C46H45ClN6O7/c1-50(33-16-20-35(59-3)21-17-33)43(56)38(25-30-11-7-5-8-12-30)48-41(54)28-52-39-24-15-32(47)26-40(39)53(45(52)58)29-42(55)49-46(27-37(46)31-13-9-6-10-14-31)44(57)51(2)34-18-22-36(60-4)23-19-34/h5-24,26,37-38H,25,27-29H2,1-4H3,(H,48,54)(H,49,55)/t37?,38-,46-/m0/s1. The van der Waals surface area contributed by atoms with Crippen molar-refractivity contribution in [3.8, 4) is 11.5 Å². The molecule has 1 aromatic heterocycles. The Morgan fingerprint density at radius 3 is 1.88 bits per heavy atom. The molecule has 0 spiro atoms. The van der Waals surface area contributed by atoms with E-state index in [1.165, 1.54) is 18.9 Å². The fourth-order valence-corrected chi connectivity index (χ4v) is 7.80. The van der Waals surface area contributed by atoms with Gasteiger partial charge in [-0.15, -0.1) is 0 Å². The first-order chi connectivity index (χ1) is 28.9. The molecular formula is C46H45ClN6O7. The minimum absolute atomic E-state index is 0.191. The molecule has 13 nitrogen and oxygen atoms in total. The molecule has 1 unspecified atom stereocenters. The number of halogens is 1. The summed E-state index contributed by atoms with van der Waals surface area (Å²) in [6.07, 6.45) is 0.539. The average molecular weight is 829 g/mol. The predicted molar refractivity (Wildman–Crippen MR) is 231 cm³/mol. The number of hydrogen-bond acceptors (Lipinski definition) is 7. The number of ether oxygens (including phenoxy) is 2. The molecule has 14 heteroatoms. The second kappa shape index (κ2) is 17.6. The molecular weight excluding hydrogens is 784 g/mol. The molecule has 6 aromatic rings. The highest BCUT2D eigenvalue weighted by Crippen LogP contribution is 2.53. The summed E-state index contributed by atoms with van der Waals surface area (Å²) in [4.78, 5) is 73.5. The number of nitrogens with one attached hydrogen (secondary N) is 2. The van der Waals surface area contributed by atoms with Crippen LogP contribution in [0.15, 0.2) is 132 Å². The third-order valence-corrected chi connectivity index (χ3v) is 11.2. The first-order valence-electron chi connectivity index (χ1n) is 19.3. The second-order valence-corrected chi connectivity index (χ2v) is 15.2. The molecule has 1 aliphatic rings. The molecule has 1 heterocycles. The van der Waals surface area contributed by atoms with Crippen molar-refractivity contribution < 1.29 is 28.7 Å². The number of aromatic nitrogens is 2. The van der Waals surface area contributed by atoms with Gasteiger partial charge >= 0.3 is 5.69 Å². The summed E-state index contributed by atoms with van der Waals surface area (Å²) in [5, 5.41) is 6.18. The molecule has 1 saturated carbocycles. The van der Waals surface area contributed by atoms with Crippen molar-refractivity contribution >= 4 is 57.6 Å². The zero-order valence-corrected chi connectivity index (χ0v) is 34.4. The number of hydrogen-bond donors (Lipinski definition) is 2. The lowest BCUT2D eigenvalue weighted by Crippen LogP contribution is -2.52. The third kappa shape index (κ3) is 8.62. The van der Waals surface area contributed by atoms with Crippen LogP contribution in [-0.4, -0.2) is 72.7 Å². The largest absolute Gasteiger partial charge is 0.497 e. The summed E-state index contributed by atoms with van der Waals surface area (Å²) in [6.45, 7) is -0.920. The van der Waals surface area contributed by atoms with E-state index in [-0.39, 0.29) is 24.2 Å². The number of fused-ring (bicyclic) bond motifs is 1. The van der Waals surface area contributed by atoms with Gasteiger partial charge in [0.25, 0.3) is 5.91 Å². The van der Waals surface area contributed by atoms with Crippen molar-refractivity contribution in [1.29, 1.82) is 0 Å². The molecule has 3 atom stereocenters. The quantitative estimate of drug-likeness (QED) is 0.138. The summed E-state index contributed by atoms with van der Waals surface area (Å²) in [6, 6.07) is 36.5. The third-order valence-electron chi connectivity index (χ3n) is 11.0. The summed E-state index contributed by atoms with van der Waals surface area (Å²) in [7, 11) is 6.39.